The minimum absolute atomic E-state index is 0.209. The summed E-state index contributed by atoms with van der Waals surface area (Å²) in [4.78, 5) is 0. The van der Waals surface area contributed by atoms with E-state index in [-0.39, 0.29) is 5.60 Å². The van der Waals surface area contributed by atoms with E-state index in [9.17, 15) is 5.11 Å². The van der Waals surface area contributed by atoms with E-state index in [1.165, 1.54) is 0 Å². The molecule has 0 bridgehead atoms. The smallest absolute Gasteiger partial charge is 0.122 e. The van der Waals surface area contributed by atoms with Gasteiger partial charge in [-0.1, -0.05) is 18.2 Å². The average molecular weight is 251 g/mol. The van der Waals surface area contributed by atoms with E-state index in [2.05, 4.69) is 5.32 Å². The first-order valence-corrected chi connectivity index (χ1v) is 6.28. The molecule has 1 saturated heterocycles. The minimum Gasteiger partial charge on any atom is -0.507 e. The zero-order valence-corrected chi connectivity index (χ0v) is 11.0. The topological polar surface area (TPSA) is 50.7 Å². The summed E-state index contributed by atoms with van der Waals surface area (Å²) in [5.74, 6) is 0.374. The molecule has 0 spiro atoms. The molecule has 0 aromatic heterocycles. The van der Waals surface area contributed by atoms with E-state index in [0.29, 0.717) is 18.9 Å². The van der Waals surface area contributed by atoms with Gasteiger partial charge in [0.25, 0.3) is 0 Å². The van der Waals surface area contributed by atoms with Crippen LogP contribution in [-0.2, 0) is 16.0 Å². The molecule has 0 saturated carbocycles. The maximum atomic E-state index is 9.91. The van der Waals surface area contributed by atoms with Crippen LogP contribution in [-0.4, -0.2) is 37.6 Å². The van der Waals surface area contributed by atoms with Gasteiger partial charge in [-0.15, -0.1) is 0 Å². The number of aryl methyl sites for hydroxylation is 1. The molecule has 1 aromatic carbocycles. The van der Waals surface area contributed by atoms with Gasteiger partial charge in [0, 0.05) is 38.8 Å². The maximum absolute atomic E-state index is 9.91. The van der Waals surface area contributed by atoms with Gasteiger partial charge in [0.2, 0.25) is 0 Å². The largest absolute Gasteiger partial charge is 0.507 e. The molecule has 100 valence electrons. The second-order valence-electron chi connectivity index (χ2n) is 4.88. The lowest BCUT2D eigenvalue weighted by Crippen LogP contribution is -2.42. The Kier molecular flexibility index (Phi) is 4.22. The van der Waals surface area contributed by atoms with Crippen LogP contribution in [0.5, 0.6) is 5.75 Å². The highest BCUT2D eigenvalue weighted by atomic mass is 16.5. The average Bonchev–Trinajstić information content (AvgIpc) is 2.84. The number of nitrogens with one attached hydrogen (secondary N) is 1. The lowest BCUT2D eigenvalue weighted by Gasteiger charge is -2.26. The zero-order valence-electron chi connectivity index (χ0n) is 11.0. The standard InChI is InChI=1S/C14H21NO3/c1-11-4-3-5-12(13(11)16)8-15-9-14(17-2)6-7-18-10-14/h3-5,15-16H,6-10H2,1-2H3. The van der Waals surface area contributed by atoms with E-state index >= 15 is 0 Å². The van der Waals surface area contributed by atoms with Gasteiger partial charge in [-0.2, -0.15) is 0 Å². The van der Waals surface area contributed by atoms with Crippen LogP contribution in [0.2, 0.25) is 0 Å². The Balaban J connectivity index is 1.90. The molecular weight excluding hydrogens is 230 g/mol. The van der Waals surface area contributed by atoms with Crippen LogP contribution in [0.4, 0.5) is 0 Å². The molecule has 1 aromatic rings. The molecule has 1 aliphatic heterocycles. The third-order valence-corrected chi connectivity index (χ3v) is 3.58. The quantitative estimate of drug-likeness (QED) is 0.834. The molecule has 4 heteroatoms. The number of hydrogen-bond donors (Lipinski definition) is 2. The molecule has 0 aliphatic carbocycles. The van der Waals surface area contributed by atoms with Crippen LogP contribution in [0.15, 0.2) is 18.2 Å². The molecule has 1 heterocycles. The van der Waals surface area contributed by atoms with Crippen molar-refractivity contribution in [2.45, 2.75) is 25.5 Å². The van der Waals surface area contributed by atoms with Crippen molar-refractivity contribution < 1.29 is 14.6 Å². The fraction of sp³-hybridized carbons (Fsp3) is 0.571. The van der Waals surface area contributed by atoms with Crippen molar-refractivity contribution in [1.82, 2.24) is 5.32 Å². The molecule has 2 N–H and O–H groups in total. The summed E-state index contributed by atoms with van der Waals surface area (Å²) in [5, 5.41) is 13.3. The van der Waals surface area contributed by atoms with E-state index in [1.807, 2.05) is 25.1 Å². The summed E-state index contributed by atoms with van der Waals surface area (Å²) < 4.78 is 10.9. The summed E-state index contributed by atoms with van der Waals surface area (Å²) in [6.45, 7) is 4.66. The highest BCUT2D eigenvalue weighted by molar-refractivity contribution is 5.39. The van der Waals surface area contributed by atoms with Crippen LogP contribution in [0.3, 0.4) is 0 Å². The van der Waals surface area contributed by atoms with Gasteiger partial charge >= 0.3 is 0 Å². The van der Waals surface area contributed by atoms with Gasteiger partial charge in [-0.25, -0.2) is 0 Å². The molecule has 1 atom stereocenters. The number of phenols is 1. The zero-order chi connectivity index (χ0) is 13.0. The van der Waals surface area contributed by atoms with Crippen LogP contribution in [0.1, 0.15) is 17.5 Å². The number of methoxy groups -OCH3 is 1. The van der Waals surface area contributed by atoms with Crippen molar-refractivity contribution >= 4 is 0 Å². The van der Waals surface area contributed by atoms with Gasteiger partial charge in [0.15, 0.2) is 0 Å². The van der Waals surface area contributed by atoms with Crippen molar-refractivity contribution in [2.24, 2.45) is 0 Å². The molecular formula is C14H21NO3. The SMILES string of the molecule is COC1(CNCc2cccc(C)c2O)CCOC1. The third-order valence-electron chi connectivity index (χ3n) is 3.58. The molecule has 18 heavy (non-hydrogen) atoms. The summed E-state index contributed by atoms with van der Waals surface area (Å²) in [6.07, 6.45) is 0.913. The predicted octanol–water partition coefficient (Wildman–Crippen LogP) is 1.60. The van der Waals surface area contributed by atoms with Gasteiger partial charge in [0.05, 0.1) is 6.61 Å². The van der Waals surface area contributed by atoms with E-state index in [1.54, 1.807) is 7.11 Å². The fourth-order valence-corrected chi connectivity index (χ4v) is 2.25. The van der Waals surface area contributed by atoms with Crippen molar-refractivity contribution in [2.75, 3.05) is 26.9 Å². The Morgan fingerprint density at radius 3 is 3.00 bits per heavy atom. The highest BCUT2D eigenvalue weighted by Gasteiger charge is 2.34. The second kappa shape index (κ2) is 5.69. The Hall–Kier alpha value is -1.10. The molecule has 0 amide bonds. The predicted molar refractivity (Wildman–Crippen MR) is 69.7 cm³/mol. The number of para-hydroxylation sites is 1. The van der Waals surface area contributed by atoms with Gasteiger partial charge in [-0.3, -0.25) is 0 Å². The molecule has 4 nitrogen and oxygen atoms in total. The maximum Gasteiger partial charge on any atom is 0.122 e. The summed E-state index contributed by atoms with van der Waals surface area (Å²) in [7, 11) is 1.72. The molecule has 1 fully saturated rings. The van der Waals surface area contributed by atoms with Crippen LogP contribution < -0.4 is 5.32 Å². The van der Waals surface area contributed by atoms with Crippen LogP contribution in [0, 0.1) is 6.92 Å². The monoisotopic (exact) mass is 251 g/mol. The van der Waals surface area contributed by atoms with Crippen molar-refractivity contribution in [3.8, 4) is 5.75 Å². The first-order chi connectivity index (χ1) is 8.67. The van der Waals surface area contributed by atoms with Crippen LogP contribution >= 0.6 is 0 Å². The van der Waals surface area contributed by atoms with Crippen molar-refractivity contribution in [1.29, 1.82) is 0 Å². The lowest BCUT2D eigenvalue weighted by molar-refractivity contribution is -0.0159. The number of rotatable bonds is 5. The number of phenolic OH excluding ortho intramolecular Hbond substituents is 1. The lowest BCUT2D eigenvalue weighted by atomic mass is 10.0. The summed E-state index contributed by atoms with van der Waals surface area (Å²) in [5.41, 5.74) is 1.61. The van der Waals surface area contributed by atoms with Crippen LogP contribution in [0.25, 0.3) is 0 Å². The second-order valence-corrected chi connectivity index (χ2v) is 4.88. The molecule has 0 radical (unpaired) electrons. The summed E-state index contributed by atoms with van der Waals surface area (Å²) >= 11 is 0. The van der Waals surface area contributed by atoms with E-state index in [4.69, 9.17) is 9.47 Å². The Labute approximate surface area is 108 Å². The van der Waals surface area contributed by atoms with Crippen molar-refractivity contribution in [3.63, 3.8) is 0 Å². The van der Waals surface area contributed by atoms with Gasteiger partial charge in [-0.05, 0) is 12.5 Å². The van der Waals surface area contributed by atoms with Gasteiger partial charge < -0.3 is 19.9 Å². The number of hydrogen-bond acceptors (Lipinski definition) is 4. The fourth-order valence-electron chi connectivity index (χ4n) is 2.25. The Morgan fingerprint density at radius 2 is 2.33 bits per heavy atom. The summed E-state index contributed by atoms with van der Waals surface area (Å²) in [6, 6.07) is 5.79. The number of ether oxygens (including phenoxy) is 2. The Bertz CT molecular complexity index is 400. The van der Waals surface area contributed by atoms with E-state index in [0.717, 1.165) is 30.7 Å². The highest BCUT2D eigenvalue weighted by Crippen LogP contribution is 2.23. The molecule has 2 rings (SSSR count). The first-order valence-electron chi connectivity index (χ1n) is 6.28. The first kappa shape index (κ1) is 13.3. The normalized spacial score (nSPS) is 23.4. The van der Waals surface area contributed by atoms with Gasteiger partial charge in [0.1, 0.15) is 11.4 Å². The number of aromatic hydroxyl groups is 1. The minimum atomic E-state index is -0.209. The van der Waals surface area contributed by atoms with E-state index < -0.39 is 0 Å². The van der Waals surface area contributed by atoms with Crippen molar-refractivity contribution in [3.05, 3.63) is 29.3 Å². The molecule has 1 unspecified atom stereocenters. The number of benzene rings is 1. The molecule has 1 aliphatic rings. The Morgan fingerprint density at radius 1 is 1.50 bits per heavy atom. The third kappa shape index (κ3) is 2.83.